The van der Waals surface area contributed by atoms with Crippen LogP contribution in [0.15, 0.2) is 52.9 Å². The van der Waals surface area contributed by atoms with Crippen molar-refractivity contribution in [1.29, 1.82) is 0 Å². The normalized spacial score (nSPS) is 21.5. The summed E-state index contributed by atoms with van der Waals surface area (Å²) in [5, 5.41) is 5.77. The van der Waals surface area contributed by atoms with Crippen LogP contribution in [-0.4, -0.2) is 46.9 Å². The van der Waals surface area contributed by atoms with Crippen molar-refractivity contribution in [2.75, 3.05) is 11.9 Å². The van der Waals surface area contributed by atoms with E-state index in [9.17, 15) is 23.2 Å². The van der Waals surface area contributed by atoms with Crippen molar-refractivity contribution in [3.05, 3.63) is 65.7 Å². The summed E-state index contributed by atoms with van der Waals surface area (Å²) >= 11 is 0. The summed E-state index contributed by atoms with van der Waals surface area (Å²) in [6, 6.07) is 10.8. The number of para-hydroxylation sites is 2. The van der Waals surface area contributed by atoms with Crippen LogP contribution >= 0.6 is 0 Å². The number of hydrogen-bond acceptors (Lipinski definition) is 4. The monoisotopic (exact) mass is 505 g/mol. The van der Waals surface area contributed by atoms with E-state index < -0.39 is 40.8 Å². The summed E-state index contributed by atoms with van der Waals surface area (Å²) in [4.78, 5) is 41.2. The van der Waals surface area contributed by atoms with Gasteiger partial charge in [-0.3, -0.25) is 14.4 Å². The lowest BCUT2D eigenvalue weighted by atomic mass is 9.79. The maximum Gasteiger partial charge on any atom is 0.287 e. The molecule has 0 aliphatic carbocycles. The first-order chi connectivity index (χ1) is 17.5. The van der Waals surface area contributed by atoms with E-state index in [4.69, 9.17) is 10.8 Å². The maximum atomic E-state index is 14.8. The van der Waals surface area contributed by atoms with Gasteiger partial charge in [0.2, 0.25) is 11.8 Å². The van der Waals surface area contributed by atoms with E-state index in [1.165, 1.54) is 36.9 Å². The quantitative estimate of drug-likeness (QED) is 0.514. The molecule has 190 valence electrons. The van der Waals surface area contributed by atoms with Crippen LogP contribution in [0.4, 0.5) is 14.5 Å². The second-order valence-corrected chi connectivity index (χ2v) is 10.2. The number of fused-ring (bicyclic) bond motifs is 3. The molecule has 37 heavy (non-hydrogen) atoms. The van der Waals surface area contributed by atoms with Gasteiger partial charge in [-0.05, 0) is 44.0 Å². The van der Waals surface area contributed by atoms with Crippen molar-refractivity contribution in [1.82, 2.24) is 10.2 Å². The predicted octanol–water partition coefficient (Wildman–Crippen LogP) is 3.93. The second-order valence-electron chi connectivity index (χ2n) is 10.2. The Morgan fingerprint density at radius 3 is 2.76 bits per heavy atom. The van der Waals surface area contributed by atoms with Crippen molar-refractivity contribution in [3.63, 3.8) is 0 Å². The molecular weight excluding hydrogens is 480 g/mol. The van der Waals surface area contributed by atoms with Gasteiger partial charge in [0.25, 0.3) is 5.91 Å². The molecule has 1 aromatic heterocycles. The lowest BCUT2D eigenvalue weighted by Crippen LogP contribution is -2.52. The number of hydrogen-bond donors (Lipinski definition) is 2. The van der Waals surface area contributed by atoms with Gasteiger partial charge < -0.3 is 20.0 Å². The largest absolute Gasteiger partial charge is 0.448 e. The minimum atomic E-state index is -1.83. The summed E-state index contributed by atoms with van der Waals surface area (Å²) in [7, 11) is 0. The Morgan fingerprint density at radius 1 is 1.30 bits per heavy atom. The number of nitrogens with one attached hydrogen (secondary N) is 2. The van der Waals surface area contributed by atoms with Crippen LogP contribution in [0, 0.1) is 18.2 Å². The lowest BCUT2D eigenvalue weighted by Gasteiger charge is -2.30. The number of anilines is 1. The lowest BCUT2D eigenvalue weighted by molar-refractivity contribution is -0.134. The summed E-state index contributed by atoms with van der Waals surface area (Å²) in [6.45, 7) is 2.57. The van der Waals surface area contributed by atoms with Crippen LogP contribution in [0.1, 0.15) is 42.8 Å². The fourth-order valence-corrected chi connectivity index (χ4v) is 5.27. The summed E-state index contributed by atoms with van der Waals surface area (Å²) < 4.78 is 34.2. The van der Waals surface area contributed by atoms with Gasteiger partial charge in [0, 0.05) is 24.0 Å². The standard InChI is InChI=1S/C28H25F2N3O4/c1-4-17-13-28(18-9-5-6-11-20(18)32-26(28)36)15-33(17)25(35)21(14-27(2,3)30)31-24(34)22-12-16-8-7-10-19(29)23(16)37-22/h1,5-12,17,21H,13-15H2,2-3H3,(H,31,34)(H,32,36)/t17-,21?,28+/m1/s1. The Labute approximate surface area is 212 Å². The molecule has 9 heteroatoms. The third kappa shape index (κ3) is 4.22. The maximum absolute atomic E-state index is 14.8. The number of halogens is 2. The first-order valence-corrected chi connectivity index (χ1v) is 11.9. The third-order valence-electron chi connectivity index (χ3n) is 6.97. The van der Waals surface area contributed by atoms with Crippen LogP contribution in [-0.2, 0) is 15.0 Å². The molecule has 2 aliphatic rings. The molecular formula is C28H25F2N3O4. The average Bonchev–Trinajstić information content (AvgIpc) is 3.53. The number of amides is 3. The Balaban J connectivity index is 1.44. The molecule has 1 fully saturated rings. The van der Waals surface area contributed by atoms with Gasteiger partial charge in [-0.2, -0.15) is 0 Å². The van der Waals surface area contributed by atoms with Gasteiger partial charge in [0.05, 0.1) is 11.5 Å². The van der Waals surface area contributed by atoms with E-state index in [1.807, 2.05) is 6.07 Å². The van der Waals surface area contributed by atoms with Crippen LogP contribution in [0.5, 0.6) is 0 Å². The zero-order valence-electron chi connectivity index (χ0n) is 20.3. The van der Waals surface area contributed by atoms with E-state index in [0.717, 1.165) is 5.56 Å². The van der Waals surface area contributed by atoms with Gasteiger partial charge in [-0.1, -0.05) is 36.3 Å². The van der Waals surface area contributed by atoms with Crippen LogP contribution in [0.25, 0.3) is 11.0 Å². The molecule has 5 rings (SSSR count). The van der Waals surface area contributed by atoms with Gasteiger partial charge in [-0.15, -0.1) is 6.42 Å². The van der Waals surface area contributed by atoms with Crippen molar-refractivity contribution in [2.24, 2.45) is 0 Å². The first-order valence-electron chi connectivity index (χ1n) is 11.9. The first kappa shape index (κ1) is 24.5. The van der Waals surface area contributed by atoms with Gasteiger partial charge in [0.15, 0.2) is 17.2 Å². The molecule has 3 amide bonds. The SMILES string of the molecule is C#C[C@@H]1C[C@@]2(CN1C(=O)C(CC(C)(C)F)NC(=O)c1cc3cccc(F)c3o1)C(=O)Nc1ccccc12. The molecule has 2 aliphatic heterocycles. The zero-order valence-corrected chi connectivity index (χ0v) is 20.3. The highest BCUT2D eigenvalue weighted by molar-refractivity contribution is 6.07. The third-order valence-corrected chi connectivity index (χ3v) is 6.97. The highest BCUT2D eigenvalue weighted by Gasteiger charge is 2.56. The number of rotatable bonds is 5. The number of carbonyl (C=O) groups is 3. The molecule has 3 heterocycles. The number of alkyl halides is 1. The van der Waals surface area contributed by atoms with Crippen molar-refractivity contribution in [3.8, 4) is 12.3 Å². The number of likely N-dealkylation sites (tertiary alicyclic amines) is 1. The smallest absolute Gasteiger partial charge is 0.287 e. The molecule has 1 spiro atoms. The fraction of sp³-hybridized carbons (Fsp3) is 0.321. The van der Waals surface area contributed by atoms with Gasteiger partial charge in [-0.25, -0.2) is 8.78 Å². The molecule has 2 N–H and O–H groups in total. The number of terminal acetylenes is 1. The van der Waals surface area contributed by atoms with Crippen molar-refractivity contribution < 1.29 is 27.6 Å². The molecule has 1 unspecified atom stereocenters. The van der Waals surface area contributed by atoms with Gasteiger partial charge >= 0.3 is 0 Å². The van der Waals surface area contributed by atoms with Crippen LogP contribution < -0.4 is 10.6 Å². The second kappa shape index (κ2) is 8.73. The topological polar surface area (TPSA) is 91.7 Å². The molecule has 0 saturated carbocycles. The summed E-state index contributed by atoms with van der Waals surface area (Å²) in [5.41, 5.74) is -1.57. The van der Waals surface area contributed by atoms with Crippen LogP contribution in [0.3, 0.4) is 0 Å². The molecule has 0 radical (unpaired) electrons. The summed E-state index contributed by atoms with van der Waals surface area (Å²) in [5.74, 6) is 0.0549. The number of carbonyl (C=O) groups excluding carboxylic acids is 3. The Hall–Kier alpha value is -4.19. The number of furan rings is 1. The Bertz CT molecular complexity index is 1470. The minimum absolute atomic E-state index is 0.0154. The number of benzene rings is 2. The average molecular weight is 506 g/mol. The minimum Gasteiger partial charge on any atom is -0.448 e. The van der Waals surface area contributed by atoms with Crippen molar-refractivity contribution in [2.45, 2.75) is 49.9 Å². The molecule has 0 bridgehead atoms. The highest BCUT2D eigenvalue weighted by atomic mass is 19.1. The van der Waals surface area contributed by atoms with E-state index in [0.29, 0.717) is 11.1 Å². The van der Waals surface area contributed by atoms with E-state index in [1.54, 1.807) is 24.3 Å². The fourth-order valence-electron chi connectivity index (χ4n) is 5.27. The van der Waals surface area contributed by atoms with E-state index in [-0.39, 0.29) is 36.6 Å². The van der Waals surface area contributed by atoms with Crippen molar-refractivity contribution >= 4 is 34.4 Å². The van der Waals surface area contributed by atoms with Crippen LogP contribution in [0.2, 0.25) is 0 Å². The molecule has 2 aromatic carbocycles. The van der Waals surface area contributed by atoms with E-state index in [2.05, 4.69) is 16.6 Å². The number of nitrogens with zero attached hydrogens (tertiary/aromatic N) is 1. The molecule has 3 atom stereocenters. The summed E-state index contributed by atoms with van der Waals surface area (Å²) in [6.07, 6.45) is 5.61. The van der Waals surface area contributed by atoms with Gasteiger partial charge in [0.1, 0.15) is 11.7 Å². The molecule has 3 aromatic rings. The predicted molar refractivity (Wildman–Crippen MR) is 133 cm³/mol. The zero-order chi connectivity index (χ0) is 26.5. The Kier molecular flexibility index (Phi) is 5.78. The van der Waals surface area contributed by atoms with E-state index >= 15 is 0 Å². The Morgan fingerprint density at radius 2 is 2.05 bits per heavy atom. The molecule has 7 nitrogen and oxygen atoms in total. The highest BCUT2D eigenvalue weighted by Crippen LogP contribution is 2.46. The molecule has 1 saturated heterocycles.